The molecule has 1 saturated heterocycles. The second kappa shape index (κ2) is 7.11. The van der Waals surface area contributed by atoms with Crippen LogP contribution in [-0.4, -0.2) is 23.5 Å². The van der Waals surface area contributed by atoms with Crippen molar-refractivity contribution in [2.45, 2.75) is 31.9 Å². The minimum absolute atomic E-state index is 0.00915. The molecule has 2 heterocycles. The molecule has 4 nitrogen and oxygen atoms in total. The average Bonchev–Trinajstić information content (AvgIpc) is 2.98. The summed E-state index contributed by atoms with van der Waals surface area (Å²) < 4.78 is 5.79. The van der Waals surface area contributed by atoms with Crippen LogP contribution in [0.2, 0.25) is 5.02 Å². The first-order valence-electron chi connectivity index (χ1n) is 7.70. The second-order valence-corrected chi connectivity index (χ2v) is 6.23. The van der Waals surface area contributed by atoms with E-state index in [2.05, 4.69) is 10.3 Å². The highest BCUT2D eigenvalue weighted by atomic mass is 35.5. The number of aryl methyl sites for hydroxylation is 1. The fourth-order valence-corrected chi connectivity index (χ4v) is 2.89. The number of carbonyl (C=O) groups is 1. The van der Waals surface area contributed by atoms with Crippen molar-refractivity contribution in [3.63, 3.8) is 0 Å². The first kappa shape index (κ1) is 16.0. The Morgan fingerprint density at radius 2 is 2.09 bits per heavy atom. The van der Waals surface area contributed by atoms with E-state index in [9.17, 15) is 4.79 Å². The Morgan fingerprint density at radius 3 is 2.78 bits per heavy atom. The number of nitrogens with zero attached hydrogens (tertiary/aromatic N) is 1. The van der Waals surface area contributed by atoms with Gasteiger partial charge in [-0.2, -0.15) is 0 Å². The van der Waals surface area contributed by atoms with Gasteiger partial charge in [0.2, 0.25) is 5.91 Å². The van der Waals surface area contributed by atoms with Crippen LogP contribution in [0.1, 0.15) is 29.3 Å². The maximum Gasteiger partial charge on any atom is 0.224 e. The van der Waals surface area contributed by atoms with Gasteiger partial charge in [-0.05, 0) is 42.7 Å². The number of benzene rings is 1. The van der Waals surface area contributed by atoms with Crippen LogP contribution in [0.25, 0.3) is 0 Å². The molecule has 2 atom stereocenters. The van der Waals surface area contributed by atoms with Crippen molar-refractivity contribution >= 4 is 17.5 Å². The third-order valence-corrected chi connectivity index (χ3v) is 4.23. The lowest BCUT2D eigenvalue weighted by atomic mass is 10.0. The number of carbonyl (C=O) groups excluding carboxylic acids is 1. The SMILES string of the molecule is Cc1ccc(CC(=O)N[C@H]2CCO[C@H]2c2ccc(Cl)cc2)cn1. The number of halogens is 1. The molecule has 0 saturated carbocycles. The van der Waals surface area contributed by atoms with E-state index in [1.165, 1.54) is 0 Å². The molecule has 1 aromatic carbocycles. The van der Waals surface area contributed by atoms with Gasteiger partial charge in [-0.15, -0.1) is 0 Å². The molecule has 0 spiro atoms. The topological polar surface area (TPSA) is 51.2 Å². The predicted molar refractivity (Wildman–Crippen MR) is 89.4 cm³/mol. The second-order valence-electron chi connectivity index (χ2n) is 5.79. The number of ether oxygens (including phenoxy) is 1. The summed E-state index contributed by atoms with van der Waals surface area (Å²) in [4.78, 5) is 16.5. The normalized spacial score (nSPS) is 20.4. The highest BCUT2D eigenvalue weighted by molar-refractivity contribution is 6.30. The number of hydrogen-bond donors (Lipinski definition) is 1. The van der Waals surface area contributed by atoms with Gasteiger partial charge in [0.05, 0.1) is 12.5 Å². The number of amides is 1. The molecule has 23 heavy (non-hydrogen) atoms. The summed E-state index contributed by atoms with van der Waals surface area (Å²) in [5.74, 6) is -0.00915. The van der Waals surface area contributed by atoms with Gasteiger partial charge in [-0.3, -0.25) is 9.78 Å². The molecule has 1 aliphatic rings. The molecule has 1 aromatic heterocycles. The van der Waals surface area contributed by atoms with Crippen LogP contribution in [0.5, 0.6) is 0 Å². The first-order chi connectivity index (χ1) is 11.1. The largest absolute Gasteiger partial charge is 0.371 e. The van der Waals surface area contributed by atoms with Gasteiger partial charge in [-0.1, -0.05) is 29.8 Å². The Hall–Kier alpha value is -1.91. The van der Waals surface area contributed by atoms with E-state index in [1.807, 2.05) is 43.3 Å². The van der Waals surface area contributed by atoms with Crippen LogP contribution in [0.3, 0.4) is 0 Å². The minimum atomic E-state index is -0.118. The molecule has 5 heteroatoms. The first-order valence-corrected chi connectivity index (χ1v) is 8.07. The molecular formula is C18H19ClN2O2. The molecule has 120 valence electrons. The van der Waals surface area contributed by atoms with E-state index >= 15 is 0 Å². The number of aromatic nitrogens is 1. The molecule has 1 fully saturated rings. The van der Waals surface area contributed by atoms with Crippen molar-refractivity contribution < 1.29 is 9.53 Å². The zero-order chi connectivity index (χ0) is 16.2. The molecular weight excluding hydrogens is 312 g/mol. The number of hydrogen-bond acceptors (Lipinski definition) is 3. The Kier molecular flexibility index (Phi) is 4.94. The molecule has 3 rings (SSSR count). The lowest BCUT2D eigenvalue weighted by Crippen LogP contribution is -2.37. The third kappa shape index (κ3) is 4.09. The highest BCUT2D eigenvalue weighted by Gasteiger charge is 2.30. The number of nitrogens with one attached hydrogen (secondary N) is 1. The third-order valence-electron chi connectivity index (χ3n) is 3.97. The van der Waals surface area contributed by atoms with Crippen molar-refractivity contribution in [1.29, 1.82) is 0 Å². The van der Waals surface area contributed by atoms with Gasteiger partial charge in [-0.25, -0.2) is 0 Å². The number of pyridine rings is 1. The summed E-state index contributed by atoms with van der Waals surface area (Å²) in [6.07, 6.45) is 2.77. The zero-order valence-corrected chi connectivity index (χ0v) is 13.7. The van der Waals surface area contributed by atoms with Crippen LogP contribution in [0.15, 0.2) is 42.6 Å². The Morgan fingerprint density at radius 1 is 1.30 bits per heavy atom. The molecule has 1 amide bonds. The van der Waals surface area contributed by atoms with Crippen LogP contribution in [-0.2, 0) is 16.0 Å². The van der Waals surface area contributed by atoms with Crippen molar-refractivity contribution in [3.05, 3.63) is 64.4 Å². The monoisotopic (exact) mass is 330 g/mol. The molecule has 0 aliphatic carbocycles. The number of rotatable bonds is 4. The van der Waals surface area contributed by atoms with E-state index in [-0.39, 0.29) is 18.1 Å². The summed E-state index contributed by atoms with van der Waals surface area (Å²) in [6.45, 7) is 2.57. The fourth-order valence-electron chi connectivity index (χ4n) is 2.76. The summed E-state index contributed by atoms with van der Waals surface area (Å²) in [6, 6.07) is 11.4. The summed E-state index contributed by atoms with van der Waals surface area (Å²) in [5, 5.41) is 3.77. The van der Waals surface area contributed by atoms with Gasteiger partial charge < -0.3 is 10.1 Å². The molecule has 0 radical (unpaired) electrons. The average molecular weight is 331 g/mol. The lowest BCUT2D eigenvalue weighted by molar-refractivity contribution is -0.121. The molecule has 0 unspecified atom stereocenters. The van der Waals surface area contributed by atoms with Gasteiger partial charge in [0.1, 0.15) is 6.10 Å². The van der Waals surface area contributed by atoms with Crippen molar-refractivity contribution in [3.8, 4) is 0 Å². The Bertz CT molecular complexity index is 670. The molecule has 1 N–H and O–H groups in total. The van der Waals surface area contributed by atoms with Crippen molar-refractivity contribution in [1.82, 2.24) is 10.3 Å². The van der Waals surface area contributed by atoms with Crippen LogP contribution < -0.4 is 5.32 Å². The Labute approximate surface area is 140 Å². The molecule has 0 bridgehead atoms. The van der Waals surface area contributed by atoms with E-state index < -0.39 is 0 Å². The maximum absolute atomic E-state index is 12.3. The zero-order valence-electron chi connectivity index (χ0n) is 13.0. The lowest BCUT2D eigenvalue weighted by Gasteiger charge is -2.20. The molecule has 1 aliphatic heterocycles. The van der Waals surface area contributed by atoms with Crippen LogP contribution in [0.4, 0.5) is 0 Å². The van der Waals surface area contributed by atoms with E-state index in [1.54, 1.807) is 6.20 Å². The standard InChI is InChI=1S/C18H19ClN2O2/c1-12-2-3-13(11-20-12)10-17(22)21-16-8-9-23-18(16)14-4-6-15(19)7-5-14/h2-7,11,16,18H,8-10H2,1H3,(H,21,22)/t16-,18-/m0/s1. The van der Waals surface area contributed by atoms with E-state index in [0.29, 0.717) is 18.1 Å². The van der Waals surface area contributed by atoms with Crippen LogP contribution >= 0.6 is 11.6 Å². The Balaban J connectivity index is 1.62. The molecule has 2 aromatic rings. The predicted octanol–water partition coefficient (Wildman–Crippen LogP) is 3.23. The van der Waals surface area contributed by atoms with Crippen molar-refractivity contribution in [2.24, 2.45) is 0 Å². The summed E-state index contributed by atoms with van der Waals surface area (Å²) in [5.41, 5.74) is 2.89. The van der Waals surface area contributed by atoms with Gasteiger partial charge in [0.15, 0.2) is 0 Å². The smallest absolute Gasteiger partial charge is 0.224 e. The quantitative estimate of drug-likeness (QED) is 0.936. The van der Waals surface area contributed by atoms with Crippen LogP contribution in [0, 0.1) is 6.92 Å². The maximum atomic E-state index is 12.3. The van der Waals surface area contributed by atoms with E-state index in [4.69, 9.17) is 16.3 Å². The summed E-state index contributed by atoms with van der Waals surface area (Å²) in [7, 11) is 0. The van der Waals surface area contributed by atoms with Gasteiger partial charge in [0, 0.05) is 23.5 Å². The van der Waals surface area contributed by atoms with Gasteiger partial charge >= 0.3 is 0 Å². The van der Waals surface area contributed by atoms with Crippen molar-refractivity contribution in [2.75, 3.05) is 6.61 Å². The van der Waals surface area contributed by atoms with Gasteiger partial charge in [0.25, 0.3) is 0 Å². The summed E-state index contributed by atoms with van der Waals surface area (Å²) >= 11 is 5.92. The fraction of sp³-hybridized carbons (Fsp3) is 0.333. The minimum Gasteiger partial charge on any atom is -0.371 e. The highest BCUT2D eigenvalue weighted by Crippen LogP contribution is 2.30. The van der Waals surface area contributed by atoms with E-state index in [0.717, 1.165) is 23.2 Å².